The van der Waals surface area contributed by atoms with Crippen LogP contribution in [0.1, 0.15) is 84.5 Å². The fourth-order valence-corrected chi connectivity index (χ4v) is 2.87. The lowest BCUT2D eigenvalue weighted by Crippen LogP contribution is -2.39. The van der Waals surface area contributed by atoms with Gasteiger partial charge in [0.05, 0.1) is 14.1 Å². The van der Waals surface area contributed by atoms with Gasteiger partial charge in [-0.1, -0.05) is 65.2 Å². The molecule has 0 aromatic heterocycles. The van der Waals surface area contributed by atoms with Crippen molar-refractivity contribution in [2.75, 3.05) is 14.1 Å². The van der Waals surface area contributed by atoms with Gasteiger partial charge in [-0.25, -0.2) is 4.00 Å². The van der Waals surface area contributed by atoms with Gasteiger partial charge < -0.3 is 0 Å². The van der Waals surface area contributed by atoms with Gasteiger partial charge in [0.1, 0.15) is 6.04 Å². The summed E-state index contributed by atoms with van der Waals surface area (Å²) in [6.45, 7) is 4.53. The SMILES string of the molecule is CCCCCCCCCCCC(CC)[N+](C)(C)Cl. The van der Waals surface area contributed by atoms with Gasteiger partial charge in [-0.3, -0.25) is 0 Å². The molecule has 18 heavy (non-hydrogen) atoms. The molecule has 0 saturated heterocycles. The molecule has 0 aliphatic rings. The fraction of sp³-hybridized carbons (Fsp3) is 1.00. The van der Waals surface area contributed by atoms with Gasteiger partial charge in [-0.2, -0.15) is 0 Å². The van der Waals surface area contributed by atoms with E-state index in [0.717, 1.165) is 0 Å². The topological polar surface area (TPSA) is 0 Å². The Balaban J connectivity index is 3.34. The molecule has 0 aromatic carbocycles. The number of nitrogens with zero attached hydrogens (tertiary/aromatic N) is 1. The van der Waals surface area contributed by atoms with Crippen molar-refractivity contribution >= 4 is 11.8 Å². The van der Waals surface area contributed by atoms with E-state index in [4.69, 9.17) is 11.8 Å². The fourth-order valence-electron chi connectivity index (χ4n) is 2.64. The minimum atomic E-state index is 0.605. The van der Waals surface area contributed by atoms with E-state index >= 15 is 0 Å². The molecule has 0 aliphatic heterocycles. The summed E-state index contributed by atoms with van der Waals surface area (Å²) in [6.07, 6.45) is 15.1. The van der Waals surface area contributed by atoms with E-state index in [9.17, 15) is 0 Å². The summed E-state index contributed by atoms with van der Waals surface area (Å²) in [6, 6.07) is 0.622. The van der Waals surface area contributed by atoms with Crippen molar-refractivity contribution in [3.05, 3.63) is 0 Å². The average Bonchev–Trinajstić information content (AvgIpc) is 2.30. The standard InChI is InChI=1S/C16H35ClN/c1-5-7-8-9-10-11-12-13-14-15-16(6-2)18(3,4)17/h16H,5-15H2,1-4H3/q+1. The zero-order valence-electron chi connectivity index (χ0n) is 13.2. The Morgan fingerprint density at radius 3 is 1.61 bits per heavy atom. The lowest BCUT2D eigenvalue weighted by molar-refractivity contribution is -0.801. The molecule has 0 aliphatic carbocycles. The van der Waals surface area contributed by atoms with Crippen molar-refractivity contribution in [1.82, 2.24) is 0 Å². The second-order valence-electron chi connectivity index (χ2n) is 6.08. The molecule has 1 nitrogen and oxygen atoms in total. The van der Waals surface area contributed by atoms with Gasteiger partial charge in [0.15, 0.2) is 11.8 Å². The zero-order valence-corrected chi connectivity index (χ0v) is 13.9. The van der Waals surface area contributed by atoms with Gasteiger partial charge in [0.25, 0.3) is 0 Å². The van der Waals surface area contributed by atoms with Crippen molar-refractivity contribution in [1.29, 1.82) is 0 Å². The van der Waals surface area contributed by atoms with Crippen LogP contribution in [0.4, 0.5) is 0 Å². The van der Waals surface area contributed by atoms with E-state index in [-0.39, 0.29) is 0 Å². The Hall–Kier alpha value is 0.250. The van der Waals surface area contributed by atoms with Crippen LogP contribution in [0.25, 0.3) is 0 Å². The first-order chi connectivity index (χ1) is 8.52. The average molecular weight is 277 g/mol. The van der Waals surface area contributed by atoms with Gasteiger partial charge in [0.2, 0.25) is 0 Å². The number of quaternary nitrogens is 1. The Bertz CT molecular complexity index is 174. The minimum Gasteiger partial charge on any atom is -0.224 e. The van der Waals surface area contributed by atoms with Crippen LogP contribution in [0.3, 0.4) is 0 Å². The molecular formula is C16H35ClN+. The summed E-state index contributed by atoms with van der Waals surface area (Å²) >= 11 is 6.35. The van der Waals surface area contributed by atoms with Crippen LogP contribution in [0.15, 0.2) is 0 Å². The lowest BCUT2D eigenvalue weighted by atomic mass is 10.0. The van der Waals surface area contributed by atoms with Gasteiger partial charge in [-0.15, -0.1) is 0 Å². The van der Waals surface area contributed by atoms with Crippen LogP contribution < -0.4 is 0 Å². The third kappa shape index (κ3) is 10.2. The third-order valence-electron chi connectivity index (χ3n) is 3.98. The molecule has 0 aromatic rings. The highest BCUT2D eigenvalue weighted by Crippen LogP contribution is 2.20. The number of halogens is 1. The summed E-state index contributed by atoms with van der Waals surface area (Å²) in [5.41, 5.74) is 0. The molecule has 1 atom stereocenters. The molecule has 1 unspecified atom stereocenters. The summed E-state index contributed by atoms with van der Waals surface area (Å²) in [4.78, 5) is 0. The summed E-state index contributed by atoms with van der Waals surface area (Å²) in [7, 11) is 4.20. The normalized spacial score (nSPS) is 13.8. The van der Waals surface area contributed by atoms with E-state index in [2.05, 4.69) is 27.9 Å². The Labute approximate surface area is 121 Å². The monoisotopic (exact) mass is 276 g/mol. The maximum absolute atomic E-state index is 6.35. The molecule has 0 bridgehead atoms. The quantitative estimate of drug-likeness (QED) is 0.307. The number of hydrogen-bond donors (Lipinski definition) is 0. The molecule has 2 heteroatoms. The Morgan fingerprint density at radius 2 is 1.22 bits per heavy atom. The number of unbranched alkanes of at least 4 members (excludes halogenated alkanes) is 8. The molecule has 0 saturated carbocycles. The largest absolute Gasteiger partial charge is 0.224 e. The molecule has 0 N–H and O–H groups in total. The smallest absolute Gasteiger partial charge is 0.165 e. The van der Waals surface area contributed by atoms with Gasteiger partial charge in [-0.05, 0) is 12.8 Å². The van der Waals surface area contributed by atoms with Crippen LogP contribution in [0, 0.1) is 0 Å². The van der Waals surface area contributed by atoms with Crippen molar-refractivity contribution in [3.8, 4) is 0 Å². The van der Waals surface area contributed by atoms with Gasteiger partial charge in [0, 0.05) is 6.42 Å². The maximum Gasteiger partial charge on any atom is 0.165 e. The van der Waals surface area contributed by atoms with Crippen molar-refractivity contribution in [2.45, 2.75) is 90.5 Å². The minimum absolute atomic E-state index is 0.605. The molecule has 0 rings (SSSR count). The van der Waals surface area contributed by atoms with Crippen LogP contribution in [0.5, 0.6) is 0 Å². The van der Waals surface area contributed by atoms with Gasteiger partial charge >= 0.3 is 0 Å². The Morgan fingerprint density at radius 1 is 0.778 bits per heavy atom. The molecule has 0 heterocycles. The molecule has 0 fully saturated rings. The second kappa shape index (κ2) is 11.1. The van der Waals surface area contributed by atoms with Crippen molar-refractivity contribution in [3.63, 3.8) is 0 Å². The van der Waals surface area contributed by atoms with Crippen LogP contribution in [0.2, 0.25) is 0 Å². The molecule has 0 amide bonds. The first-order valence-corrected chi connectivity index (χ1v) is 8.39. The molecular weight excluding hydrogens is 242 g/mol. The zero-order chi connectivity index (χ0) is 13.9. The molecule has 110 valence electrons. The number of rotatable bonds is 12. The highest BCUT2D eigenvalue weighted by Gasteiger charge is 2.24. The molecule has 0 radical (unpaired) electrons. The van der Waals surface area contributed by atoms with Crippen LogP contribution >= 0.6 is 11.8 Å². The molecule has 0 spiro atoms. The summed E-state index contributed by atoms with van der Waals surface area (Å²) in [5, 5.41) is 0. The maximum atomic E-state index is 6.35. The van der Waals surface area contributed by atoms with E-state index in [1.807, 2.05) is 0 Å². The predicted octanol–water partition coefficient (Wildman–Crippen LogP) is 5.92. The Kier molecular flexibility index (Phi) is 11.3. The predicted molar refractivity (Wildman–Crippen MR) is 83.9 cm³/mol. The van der Waals surface area contributed by atoms with Crippen LogP contribution in [-0.4, -0.2) is 24.1 Å². The van der Waals surface area contributed by atoms with E-state index < -0.39 is 0 Å². The van der Waals surface area contributed by atoms with Crippen LogP contribution in [-0.2, 0) is 0 Å². The van der Waals surface area contributed by atoms with Crippen molar-refractivity contribution in [2.24, 2.45) is 0 Å². The highest BCUT2D eigenvalue weighted by atomic mass is 35.5. The lowest BCUT2D eigenvalue weighted by Gasteiger charge is -2.28. The van der Waals surface area contributed by atoms with E-state index in [1.54, 1.807) is 0 Å². The third-order valence-corrected chi connectivity index (χ3v) is 4.26. The first-order valence-electron chi connectivity index (χ1n) is 8.05. The number of hydrogen-bond acceptors (Lipinski definition) is 0. The van der Waals surface area contributed by atoms with Crippen molar-refractivity contribution < 1.29 is 4.00 Å². The summed E-state index contributed by atoms with van der Waals surface area (Å²) in [5.74, 6) is 0. The highest BCUT2D eigenvalue weighted by molar-refractivity contribution is 6.06. The van der Waals surface area contributed by atoms with E-state index in [0.29, 0.717) is 10.0 Å². The first kappa shape index (κ1) is 18.2. The van der Waals surface area contributed by atoms with E-state index in [1.165, 1.54) is 70.6 Å². The summed E-state index contributed by atoms with van der Waals surface area (Å²) < 4.78 is 0.605. The second-order valence-corrected chi connectivity index (χ2v) is 6.95.